The first-order valence-corrected chi connectivity index (χ1v) is 16.4. The van der Waals surface area contributed by atoms with Crippen LogP contribution in [0.5, 0.6) is 0 Å². The van der Waals surface area contributed by atoms with Crippen molar-refractivity contribution < 1.29 is 69.0 Å². The summed E-state index contributed by atoms with van der Waals surface area (Å²) in [7, 11) is 1.53. The van der Waals surface area contributed by atoms with Crippen LogP contribution in [0, 0.1) is 17.8 Å². The lowest BCUT2D eigenvalue weighted by atomic mass is 9.77. The Morgan fingerprint density at radius 2 is 1.88 bits per heavy atom. The van der Waals surface area contributed by atoms with Gasteiger partial charge in [0, 0.05) is 19.6 Å². The molecule has 0 amide bonds. The number of likely N-dealkylation sites (tertiary alicyclic amines) is 1. The molecule has 1 saturated carbocycles. The molecule has 48 heavy (non-hydrogen) atoms. The molecule has 0 aromatic carbocycles. The summed E-state index contributed by atoms with van der Waals surface area (Å²) in [6.07, 6.45) is 0.855. The van der Waals surface area contributed by atoms with E-state index in [4.69, 9.17) is 23.7 Å². The van der Waals surface area contributed by atoms with Crippen LogP contribution in [0.4, 0.5) is 0 Å². The molecule has 3 heterocycles. The van der Waals surface area contributed by atoms with Gasteiger partial charge in [-0.3, -0.25) is 15.0 Å². The summed E-state index contributed by atoms with van der Waals surface area (Å²) in [4.78, 5) is 27.3. The molecular weight excluding hydrogens is 636 g/mol. The van der Waals surface area contributed by atoms with Crippen LogP contribution in [0.15, 0.2) is 36.6 Å². The van der Waals surface area contributed by atoms with Gasteiger partial charge in [0.1, 0.15) is 35.7 Å². The van der Waals surface area contributed by atoms with Crippen molar-refractivity contribution in [1.29, 1.82) is 0 Å². The predicted octanol–water partition coefficient (Wildman–Crippen LogP) is -1.46. The van der Waals surface area contributed by atoms with Crippen LogP contribution < -0.4 is 5.32 Å². The second-order valence-corrected chi connectivity index (χ2v) is 12.8. The van der Waals surface area contributed by atoms with Crippen LogP contribution in [0.1, 0.15) is 38.5 Å². The number of hydrogen-bond donors (Lipinski definition) is 8. The number of aliphatic hydroxyl groups excluding tert-OH is 3. The molecule has 16 nitrogen and oxygen atoms in total. The highest BCUT2D eigenvalue weighted by molar-refractivity contribution is 5.91. The van der Waals surface area contributed by atoms with E-state index >= 15 is 0 Å². The number of piperidine rings is 1. The molecule has 8 N–H and O–H groups in total. The molecule has 1 aliphatic carbocycles. The summed E-state index contributed by atoms with van der Waals surface area (Å²) in [5.74, 6) is -7.16. The molecule has 0 radical (unpaired) electrons. The van der Waals surface area contributed by atoms with E-state index in [1.165, 1.54) is 19.2 Å². The lowest BCUT2D eigenvalue weighted by molar-refractivity contribution is -0.412. The third-order valence-corrected chi connectivity index (χ3v) is 9.42. The summed E-state index contributed by atoms with van der Waals surface area (Å²) >= 11 is 0. The fraction of sp³-hybridized carbons (Fsp3) is 0.750. The lowest BCUT2D eigenvalue weighted by Crippen LogP contribution is -2.69. The molecule has 2 unspecified atom stereocenters. The average molecular weight is 687 g/mol. The Kier molecular flexibility index (Phi) is 13.5. The predicted molar refractivity (Wildman–Crippen MR) is 165 cm³/mol. The maximum Gasteiger partial charge on any atom is 0.340 e. The zero-order valence-electron chi connectivity index (χ0n) is 27.1. The van der Waals surface area contributed by atoms with Gasteiger partial charge in [-0.1, -0.05) is 24.6 Å². The van der Waals surface area contributed by atoms with Crippen LogP contribution in [-0.2, 0) is 33.3 Å². The number of nitrogens with zero attached hydrogens (tertiary/aromatic N) is 1. The Balaban J connectivity index is 1.67. The largest absolute Gasteiger partial charge is 0.481 e. The number of rotatable bonds is 14. The van der Waals surface area contributed by atoms with Gasteiger partial charge in [-0.2, -0.15) is 0 Å². The van der Waals surface area contributed by atoms with Crippen molar-refractivity contribution in [3.63, 3.8) is 0 Å². The second kappa shape index (κ2) is 17.0. The number of nitrogens with one attached hydrogen (secondary N) is 1. The van der Waals surface area contributed by atoms with Gasteiger partial charge in [-0.25, -0.2) is 4.79 Å². The average Bonchev–Trinajstić information content (AvgIpc) is 3.06. The molecule has 0 aromatic rings. The zero-order chi connectivity index (χ0) is 35.1. The number of carboxylic acids is 1. The van der Waals surface area contributed by atoms with E-state index in [0.717, 1.165) is 25.5 Å². The molecule has 3 fully saturated rings. The summed E-state index contributed by atoms with van der Waals surface area (Å²) in [6, 6.07) is 0. The number of esters is 1. The third kappa shape index (κ3) is 8.62. The maximum atomic E-state index is 13.6. The monoisotopic (exact) mass is 686 g/mol. The maximum absolute atomic E-state index is 13.6. The van der Waals surface area contributed by atoms with Gasteiger partial charge in [-0.15, -0.1) is 6.58 Å². The van der Waals surface area contributed by atoms with Gasteiger partial charge in [0.05, 0.1) is 31.8 Å². The van der Waals surface area contributed by atoms with Crippen molar-refractivity contribution in [3.05, 3.63) is 36.6 Å². The van der Waals surface area contributed by atoms with E-state index in [9.17, 15) is 45.3 Å². The molecular formula is C32H50N2O14. The Labute approximate surface area is 279 Å². The first kappa shape index (κ1) is 38.3. The number of carbonyl (C=O) groups excluding carboxylic acids is 1. The van der Waals surface area contributed by atoms with Crippen LogP contribution in [0.25, 0.3) is 0 Å². The molecule has 3 aliphatic heterocycles. The molecule has 0 aromatic heterocycles. The van der Waals surface area contributed by atoms with E-state index in [-0.39, 0.29) is 44.5 Å². The van der Waals surface area contributed by atoms with Gasteiger partial charge < -0.3 is 59.4 Å². The summed E-state index contributed by atoms with van der Waals surface area (Å²) in [5, 5.41) is 76.1. The van der Waals surface area contributed by atoms with Gasteiger partial charge in [0.15, 0.2) is 12.4 Å². The zero-order valence-corrected chi connectivity index (χ0v) is 27.1. The number of carboxylic acid groups (broad SMARTS) is 1. The van der Waals surface area contributed by atoms with Crippen LogP contribution in [0.2, 0.25) is 0 Å². The molecule has 16 heteroatoms. The summed E-state index contributed by atoms with van der Waals surface area (Å²) in [6.45, 7) is 3.53. The summed E-state index contributed by atoms with van der Waals surface area (Å²) < 4.78 is 28.7. The van der Waals surface area contributed by atoms with Crippen molar-refractivity contribution in [2.45, 2.75) is 86.9 Å². The van der Waals surface area contributed by atoms with Gasteiger partial charge in [0.25, 0.3) is 0 Å². The molecule has 9 atom stereocenters. The topological polar surface area (TPSA) is 237 Å². The third-order valence-electron chi connectivity index (χ3n) is 9.42. The first-order valence-electron chi connectivity index (χ1n) is 16.4. The highest BCUT2D eigenvalue weighted by Crippen LogP contribution is 2.41. The normalized spacial score (nSPS) is 36.3. The van der Waals surface area contributed by atoms with Crippen molar-refractivity contribution in [2.75, 3.05) is 46.6 Å². The lowest BCUT2D eigenvalue weighted by Gasteiger charge is -2.48. The number of hydrogen-bond acceptors (Lipinski definition) is 15. The van der Waals surface area contributed by atoms with Crippen LogP contribution >= 0.6 is 0 Å². The summed E-state index contributed by atoms with van der Waals surface area (Å²) in [5.41, 5.74) is -2.45. The van der Waals surface area contributed by atoms with Gasteiger partial charge in [-0.05, 0) is 45.1 Å². The van der Waals surface area contributed by atoms with E-state index in [2.05, 4.69) is 11.9 Å². The van der Waals surface area contributed by atoms with Crippen LogP contribution in [0.3, 0.4) is 0 Å². The molecule has 0 bridgehead atoms. The Hall–Kier alpha value is -2.48. The number of ether oxygens (including phenoxy) is 5. The Morgan fingerprint density at radius 1 is 1.15 bits per heavy atom. The van der Waals surface area contributed by atoms with Crippen LogP contribution in [-0.4, -0.2) is 148 Å². The minimum absolute atomic E-state index is 0.166. The van der Waals surface area contributed by atoms with Crippen molar-refractivity contribution >= 4 is 11.9 Å². The molecule has 4 rings (SSSR count). The first-order chi connectivity index (χ1) is 22.9. The highest BCUT2D eigenvalue weighted by atomic mass is 16.8. The number of carbonyl (C=O) groups is 2. The fourth-order valence-electron chi connectivity index (χ4n) is 6.79. The number of aliphatic hydroxyl groups is 6. The molecule has 272 valence electrons. The van der Waals surface area contributed by atoms with Crippen molar-refractivity contribution in [3.8, 4) is 0 Å². The quantitative estimate of drug-likeness (QED) is 0.0592. The van der Waals surface area contributed by atoms with Crippen molar-refractivity contribution in [2.24, 2.45) is 17.8 Å². The standard InChI is InChI=1S/C32H50N2O14/c1-3-22-29(48-30-26(45-18-33-2)32(42,43)25(37)24(16-36)47-30)44-17-23(28(40)46-21-7-5-4-6-8-21)31(22,41)10-9-19-13-20(27(38)39)15-34(14-19)11-12-35/h3,9-10,17,19-22,24-26,29-30,33,35-37,41-43H,1,4-8,11-16,18H2,2H3,(H,38,39)/t19?,20?,22-,24+,25+,26+,29+,30-,31+/m0/s1. The Morgan fingerprint density at radius 3 is 2.50 bits per heavy atom. The minimum Gasteiger partial charge on any atom is -0.481 e. The van der Waals surface area contributed by atoms with E-state index in [1.54, 1.807) is 6.08 Å². The van der Waals surface area contributed by atoms with Crippen molar-refractivity contribution in [1.82, 2.24) is 10.2 Å². The number of aliphatic carboxylic acids is 1. The SMILES string of the molecule is C=C[C@H]1[C@@H](O[C@@H]2O[C@H](CO)[C@@H](O)C(O)(O)[C@@H]2OCNC)OC=C(C(=O)OC2CCCCC2)[C@@]1(O)C=CC1CC(C(=O)O)CN(CCO)C1. The Bertz CT molecular complexity index is 1160. The van der Waals surface area contributed by atoms with E-state index < -0.39 is 78.6 Å². The minimum atomic E-state index is -2.95. The molecule has 0 spiro atoms. The smallest absolute Gasteiger partial charge is 0.340 e. The van der Waals surface area contributed by atoms with Gasteiger partial charge >= 0.3 is 11.9 Å². The second-order valence-electron chi connectivity index (χ2n) is 12.8. The number of β-amino-alcohol motifs (C(OH)–C–C–N with tert-alkyl or cyclic N) is 1. The molecule has 2 saturated heterocycles. The van der Waals surface area contributed by atoms with E-state index in [1.807, 2.05) is 4.90 Å². The molecule has 4 aliphatic rings. The highest BCUT2D eigenvalue weighted by Gasteiger charge is 2.58. The van der Waals surface area contributed by atoms with Gasteiger partial charge in [0.2, 0.25) is 12.1 Å². The van der Waals surface area contributed by atoms with E-state index in [0.29, 0.717) is 19.4 Å². The fourth-order valence-corrected chi connectivity index (χ4v) is 6.79.